The molecule has 1 unspecified atom stereocenters. The van der Waals surface area contributed by atoms with Crippen molar-refractivity contribution in [2.24, 2.45) is 0 Å². The monoisotopic (exact) mass is 288 g/mol. The highest BCUT2D eigenvalue weighted by Gasteiger charge is 2.20. The zero-order chi connectivity index (χ0) is 15.2. The highest BCUT2D eigenvalue weighted by molar-refractivity contribution is 5.96. The van der Waals surface area contributed by atoms with Gasteiger partial charge in [0.1, 0.15) is 0 Å². The molecule has 21 heavy (non-hydrogen) atoms. The van der Waals surface area contributed by atoms with Crippen LogP contribution in [0.25, 0.3) is 5.69 Å². The number of nitrogens with zero attached hydrogens (tertiary/aromatic N) is 1. The number of benzene rings is 1. The predicted octanol–water partition coefficient (Wildman–Crippen LogP) is 1.31. The molecule has 6 heteroatoms. The van der Waals surface area contributed by atoms with Gasteiger partial charge in [-0.3, -0.25) is 4.79 Å². The molecular weight excluding hydrogens is 272 g/mol. The van der Waals surface area contributed by atoms with E-state index in [0.29, 0.717) is 5.56 Å². The Bertz CT molecular complexity index is 605. The fourth-order valence-electron chi connectivity index (χ4n) is 1.87. The number of carbonyl (C=O) groups excluding carboxylic acids is 1. The van der Waals surface area contributed by atoms with Crippen LogP contribution in [-0.4, -0.2) is 41.3 Å². The van der Waals surface area contributed by atoms with E-state index in [1.165, 1.54) is 7.11 Å². The van der Waals surface area contributed by atoms with Gasteiger partial charge in [0.05, 0.1) is 6.61 Å². The molecule has 2 aromatic rings. The van der Waals surface area contributed by atoms with Gasteiger partial charge >= 0.3 is 5.97 Å². The number of rotatable bonds is 6. The molecule has 0 spiro atoms. The summed E-state index contributed by atoms with van der Waals surface area (Å²) in [6, 6.07) is 9.63. The smallest absolute Gasteiger partial charge is 0.328 e. The van der Waals surface area contributed by atoms with Crippen LogP contribution in [0.5, 0.6) is 0 Å². The number of ether oxygens (including phenoxy) is 1. The van der Waals surface area contributed by atoms with E-state index in [2.05, 4.69) is 5.32 Å². The van der Waals surface area contributed by atoms with E-state index in [9.17, 15) is 9.59 Å². The fraction of sp³-hybridized carbons (Fsp3) is 0.200. The standard InChI is InChI=1S/C15H16N2O4/c1-21-10-13(15(19)20)16-14(18)11-4-6-12(7-5-11)17-8-2-3-9-17/h2-9,13H,10H2,1H3,(H,16,18)(H,19,20). The Morgan fingerprint density at radius 3 is 2.38 bits per heavy atom. The van der Waals surface area contributed by atoms with Crippen LogP contribution in [0, 0.1) is 0 Å². The van der Waals surface area contributed by atoms with Crippen LogP contribution in [0.15, 0.2) is 48.8 Å². The quantitative estimate of drug-likeness (QED) is 0.839. The lowest BCUT2D eigenvalue weighted by molar-refractivity contribution is -0.140. The Hall–Kier alpha value is -2.60. The molecule has 0 saturated heterocycles. The molecule has 2 N–H and O–H groups in total. The first-order valence-electron chi connectivity index (χ1n) is 6.38. The van der Waals surface area contributed by atoms with Crippen molar-refractivity contribution in [1.82, 2.24) is 9.88 Å². The molecule has 1 atom stereocenters. The normalized spacial score (nSPS) is 11.9. The summed E-state index contributed by atoms with van der Waals surface area (Å²) in [5.41, 5.74) is 1.32. The molecule has 1 amide bonds. The summed E-state index contributed by atoms with van der Waals surface area (Å²) in [4.78, 5) is 23.0. The molecule has 0 aliphatic heterocycles. The number of hydrogen-bond donors (Lipinski definition) is 2. The van der Waals surface area contributed by atoms with Crippen LogP contribution >= 0.6 is 0 Å². The summed E-state index contributed by atoms with van der Waals surface area (Å²) in [7, 11) is 1.38. The SMILES string of the molecule is COCC(NC(=O)c1ccc(-n2cccc2)cc1)C(=O)O. The van der Waals surface area contributed by atoms with E-state index in [1.54, 1.807) is 24.3 Å². The lowest BCUT2D eigenvalue weighted by Gasteiger charge is -2.13. The molecule has 2 rings (SSSR count). The second-order valence-electron chi connectivity index (χ2n) is 4.46. The molecule has 1 aromatic carbocycles. The second kappa shape index (κ2) is 6.71. The minimum absolute atomic E-state index is 0.0808. The van der Waals surface area contributed by atoms with Crippen molar-refractivity contribution in [3.8, 4) is 5.69 Å². The van der Waals surface area contributed by atoms with E-state index in [-0.39, 0.29) is 6.61 Å². The van der Waals surface area contributed by atoms with Crippen molar-refractivity contribution in [3.05, 3.63) is 54.4 Å². The Labute approximate surface area is 122 Å². The predicted molar refractivity (Wildman–Crippen MR) is 76.5 cm³/mol. The first-order valence-corrected chi connectivity index (χ1v) is 6.38. The van der Waals surface area contributed by atoms with E-state index in [1.807, 2.05) is 29.1 Å². The van der Waals surface area contributed by atoms with Gasteiger partial charge in [-0.1, -0.05) is 0 Å². The van der Waals surface area contributed by atoms with Gasteiger partial charge in [0.25, 0.3) is 5.91 Å². The molecule has 0 fully saturated rings. The maximum absolute atomic E-state index is 12.0. The Kier molecular flexibility index (Phi) is 4.73. The Morgan fingerprint density at radius 1 is 1.24 bits per heavy atom. The van der Waals surface area contributed by atoms with Gasteiger partial charge in [-0.2, -0.15) is 0 Å². The summed E-state index contributed by atoms with van der Waals surface area (Å²) < 4.78 is 6.68. The minimum atomic E-state index is -1.13. The number of aliphatic carboxylic acids is 1. The molecule has 1 heterocycles. The largest absolute Gasteiger partial charge is 0.480 e. The average molecular weight is 288 g/mol. The molecule has 0 aliphatic rings. The number of nitrogens with one attached hydrogen (secondary N) is 1. The van der Waals surface area contributed by atoms with Crippen LogP contribution in [0.1, 0.15) is 10.4 Å². The summed E-state index contributed by atoms with van der Waals surface area (Å²) >= 11 is 0. The lowest BCUT2D eigenvalue weighted by Crippen LogP contribution is -2.43. The van der Waals surface area contributed by atoms with E-state index in [0.717, 1.165) is 5.69 Å². The molecule has 0 radical (unpaired) electrons. The summed E-state index contributed by atoms with van der Waals surface area (Å²) in [5.74, 6) is -1.58. The van der Waals surface area contributed by atoms with Gasteiger partial charge in [0, 0.05) is 30.8 Å². The summed E-state index contributed by atoms with van der Waals surface area (Å²) in [6.45, 7) is -0.0808. The number of carbonyl (C=O) groups is 2. The van der Waals surface area contributed by atoms with Crippen molar-refractivity contribution in [2.45, 2.75) is 6.04 Å². The zero-order valence-corrected chi connectivity index (χ0v) is 11.5. The molecule has 0 aliphatic carbocycles. The third-order valence-electron chi connectivity index (χ3n) is 2.97. The van der Waals surface area contributed by atoms with Crippen LogP contribution in [0.2, 0.25) is 0 Å². The van der Waals surface area contributed by atoms with Crippen molar-refractivity contribution in [3.63, 3.8) is 0 Å². The van der Waals surface area contributed by atoms with Crippen molar-refractivity contribution in [2.75, 3.05) is 13.7 Å². The molecular formula is C15H16N2O4. The number of hydrogen-bond acceptors (Lipinski definition) is 3. The molecule has 0 bridgehead atoms. The van der Waals surface area contributed by atoms with E-state index in [4.69, 9.17) is 9.84 Å². The van der Waals surface area contributed by atoms with Crippen molar-refractivity contribution in [1.29, 1.82) is 0 Å². The first kappa shape index (κ1) is 14.8. The number of aromatic nitrogens is 1. The van der Waals surface area contributed by atoms with Gasteiger partial charge in [-0.05, 0) is 36.4 Å². The lowest BCUT2D eigenvalue weighted by atomic mass is 10.1. The topological polar surface area (TPSA) is 80.6 Å². The van der Waals surface area contributed by atoms with E-state index >= 15 is 0 Å². The van der Waals surface area contributed by atoms with Crippen LogP contribution in [-0.2, 0) is 9.53 Å². The average Bonchev–Trinajstić information content (AvgIpc) is 3.01. The van der Waals surface area contributed by atoms with Gasteiger partial charge in [0.15, 0.2) is 6.04 Å². The molecule has 0 saturated carbocycles. The maximum atomic E-state index is 12.0. The van der Waals surface area contributed by atoms with Crippen LogP contribution in [0.4, 0.5) is 0 Å². The van der Waals surface area contributed by atoms with Crippen molar-refractivity contribution < 1.29 is 19.4 Å². The molecule has 6 nitrogen and oxygen atoms in total. The first-order chi connectivity index (χ1) is 10.1. The van der Waals surface area contributed by atoms with Crippen LogP contribution in [0.3, 0.4) is 0 Å². The fourth-order valence-corrected chi connectivity index (χ4v) is 1.87. The number of amides is 1. The Morgan fingerprint density at radius 2 is 1.86 bits per heavy atom. The summed E-state index contributed by atoms with van der Waals surface area (Å²) in [5, 5.41) is 11.4. The third kappa shape index (κ3) is 3.70. The van der Waals surface area contributed by atoms with Crippen molar-refractivity contribution >= 4 is 11.9 Å². The number of carboxylic acids is 1. The van der Waals surface area contributed by atoms with Gasteiger partial charge in [0.2, 0.25) is 0 Å². The maximum Gasteiger partial charge on any atom is 0.328 e. The van der Waals surface area contributed by atoms with Gasteiger partial charge in [-0.15, -0.1) is 0 Å². The third-order valence-corrected chi connectivity index (χ3v) is 2.97. The minimum Gasteiger partial charge on any atom is -0.480 e. The highest BCUT2D eigenvalue weighted by Crippen LogP contribution is 2.10. The molecule has 110 valence electrons. The number of methoxy groups -OCH3 is 1. The zero-order valence-electron chi connectivity index (χ0n) is 11.5. The van der Waals surface area contributed by atoms with Crippen LogP contribution < -0.4 is 5.32 Å². The number of carboxylic acid groups (broad SMARTS) is 1. The second-order valence-corrected chi connectivity index (χ2v) is 4.46. The highest BCUT2D eigenvalue weighted by atomic mass is 16.5. The Balaban J connectivity index is 2.07. The van der Waals surface area contributed by atoms with Gasteiger partial charge in [-0.25, -0.2) is 4.79 Å². The van der Waals surface area contributed by atoms with E-state index < -0.39 is 17.9 Å². The summed E-state index contributed by atoms with van der Waals surface area (Å²) in [6.07, 6.45) is 3.79. The molecule has 1 aromatic heterocycles. The van der Waals surface area contributed by atoms with Gasteiger partial charge < -0.3 is 19.7 Å².